The van der Waals surface area contributed by atoms with Gasteiger partial charge in [-0.3, -0.25) is 4.79 Å². The molecule has 4 rings (SSSR count). The van der Waals surface area contributed by atoms with Crippen LogP contribution in [0.15, 0.2) is 48.5 Å². The highest BCUT2D eigenvalue weighted by Gasteiger charge is 2.26. The summed E-state index contributed by atoms with van der Waals surface area (Å²) in [6.45, 7) is 3.00. The second-order valence-electron chi connectivity index (χ2n) is 6.05. The molecule has 1 aliphatic heterocycles. The van der Waals surface area contributed by atoms with Gasteiger partial charge in [0, 0.05) is 5.69 Å². The van der Waals surface area contributed by atoms with Gasteiger partial charge in [0.25, 0.3) is 5.91 Å². The first-order chi connectivity index (χ1) is 13.1. The fourth-order valence-electron chi connectivity index (χ4n) is 2.94. The van der Waals surface area contributed by atoms with Gasteiger partial charge in [-0.25, -0.2) is 4.98 Å². The maximum atomic E-state index is 12.7. The summed E-state index contributed by atoms with van der Waals surface area (Å²) in [5.74, 6) is -0.306. The van der Waals surface area contributed by atoms with Crippen molar-refractivity contribution in [2.24, 2.45) is 0 Å². The number of rotatable bonds is 4. The summed E-state index contributed by atoms with van der Waals surface area (Å²) in [4.78, 5) is 17.5. The minimum Gasteiger partial charge on any atom is -0.345 e. The summed E-state index contributed by atoms with van der Waals surface area (Å²) in [5, 5.41) is 3.46. The molecule has 2 aromatic carbocycles. The quantitative estimate of drug-likeness (QED) is 0.664. The van der Waals surface area contributed by atoms with E-state index in [9.17, 15) is 4.79 Å². The van der Waals surface area contributed by atoms with E-state index in [1.165, 1.54) is 11.3 Å². The van der Waals surface area contributed by atoms with Crippen LogP contribution < -0.4 is 5.32 Å². The van der Waals surface area contributed by atoms with Gasteiger partial charge in [0.1, 0.15) is 5.15 Å². The summed E-state index contributed by atoms with van der Waals surface area (Å²) < 4.78 is 10.9. The van der Waals surface area contributed by atoms with E-state index in [0.29, 0.717) is 18.1 Å². The van der Waals surface area contributed by atoms with Crippen LogP contribution in [0.1, 0.15) is 26.5 Å². The van der Waals surface area contributed by atoms with Crippen molar-refractivity contribution in [3.05, 3.63) is 69.1 Å². The normalized spacial score (nSPS) is 14.4. The van der Waals surface area contributed by atoms with Gasteiger partial charge in [0.05, 0.1) is 18.1 Å². The molecule has 0 atom stereocenters. The average molecular weight is 401 g/mol. The van der Waals surface area contributed by atoms with Gasteiger partial charge in [0.2, 0.25) is 0 Å². The van der Waals surface area contributed by atoms with Crippen LogP contribution in [0.3, 0.4) is 0 Å². The number of carbonyl (C=O) groups is 1. The summed E-state index contributed by atoms with van der Waals surface area (Å²) >= 11 is 7.35. The zero-order valence-corrected chi connectivity index (χ0v) is 16.1. The Kier molecular flexibility index (Phi) is 5.22. The molecule has 7 heteroatoms. The highest BCUT2D eigenvalue weighted by atomic mass is 35.5. The molecule has 1 N–H and O–H groups in total. The fourth-order valence-corrected chi connectivity index (χ4v) is 4.13. The van der Waals surface area contributed by atoms with Crippen LogP contribution in [0.2, 0.25) is 5.15 Å². The van der Waals surface area contributed by atoms with E-state index in [2.05, 4.69) is 10.3 Å². The smallest absolute Gasteiger partial charge is 0.284 e. The third-order valence-electron chi connectivity index (χ3n) is 4.31. The number of ether oxygens (including phenoxy) is 2. The predicted molar refractivity (Wildman–Crippen MR) is 106 cm³/mol. The Balaban J connectivity index is 1.58. The minimum atomic E-state index is -0.542. The molecular weight excluding hydrogens is 384 g/mol. The third-order valence-corrected chi connectivity index (χ3v) is 5.78. The van der Waals surface area contributed by atoms with Crippen molar-refractivity contribution in [3.63, 3.8) is 0 Å². The van der Waals surface area contributed by atoms with E-state index < -0.39 is 6.29 Å². The van der Waals surface area contributed by atoms with Crippen LogP contribution in [-0.2, 0) is 9.47 Å². The molecule has 0 radical (unpaired) electrons. The first-order valence-corrected chi connectivity index (χ1v) is 9.69. The molecule has 0 unspecified atom stereocenters. The van der Waals surface area contributed by atoms with Crippen LogP contribution in [0.25, 0.3) is 11.1 Å². The number of aromatic nitrogens is 1. The molecule has 0 aliphatic carbocycles. The first kappa shape index (κ1) is 18.1. The molecule has 1 aromatic heterocycles. The molecule has 1 fully saturated rings. The summed E-state index contributed by atoms with van der Waals surface area (Å²) in [6, 6.07) is 15.9. The first-order valence-electron chi connectivity index (χ1n) is 8.49. The molecule has 27 heavy (non-hydrogen) atoms. The van der Waals surface area contributed by atoms with Gasteiger partial charge in [-0.05, 0) is 29.7 Å². The zero-order chi connectivity index (χ0) is 18.8. The number of hydrogen-bond donors (Lipinski definition) is 1. The number of benzene rings is 2. The molecule has 1 saturated heterocycles. The highest BCUT2D eigenvalue weighted by Crippen LogP contribution is 2.35. The van der Waals surface area contributed by atoms with Crippen LogP contribution in [-0.4, -0.2) is 24.1 Å². The molecule has 1 amide bonds. The molecule has 0 bridgehead atoms. The van der Waals surface area contributed by atoms with E-state index in [0.717, 1.165) is 22.4 Å². The maximum Gasteiger partial charge on any atom is 0.284 e. The Morgan fingerprint density at radius 2 is 1.89 bits per heavy atom. The lowest BCUT2D eigenvalue weighted by Gasteiger charge is -2.12. The molecule has 0 saturated carbocycles. The molecule has 2 heterocycles. The number of thiazole rings is 1. The van der Waals surface area contributed by atoms with Gasteiger partial charge in [-0.15, -0.1) is 11.3 Å². The van der Waals surface area contributed by atoms with E-state index in [1.807, 2.05) is 55.5 Å². The van der Waals surface area contributed by atoms with E-state index in [1.54, 1.807) is 0 Å². The van der Waals surface area contributed by atoms with Crippen LogP contribution in [0.5, 0.6) is 0 Å². The lowest BCUT2D eigenvalue weighted by Crippen LogP contribution is -2.12. The number of hydrogen-bond acceptors (Lipinski definition) is 5. The van der Waals surface area contributed by atoms with Gasteiger partial charge < -0.3 is 14.8 Å². The summed E-state index contributed by atoms with van der Waals surface area (Å²) in [5.41, 5.74) is 3.89. The predicted octanol–water partition coefficient (Wildman–Crippen LogP) is 5.07. The molecule has 1 aliphatic rings. The zero-order valence-electron chi connectivity index (χ0n) is 14.6. The Morgan fingerprint density at radius 3 is 2.63 bits per heavy atom. The van der Waals surface area contributed by atoms with Crippen LogP contribution >= 0.6 is 22.9 Å². The number of carbonyl (C=O) groups excluding carboxylic acids is 1. The van der Waals surface area contributed by atoms with Gasteiger partial charge in [0.15, 0.2) is 11.3 Å². The minimum absolute atomic E-state index is 0.242. The van der Waals surface area contributed by atoms with Crippen molar-refractivity contribution in [3.8, 4) is 11.1 Å². The Labute approximate surface area is 165 Å². The second kappa shape index (κ2) is 7.78. The van der Waals surface area contributed by atoms with Crippen LogP contribution in [0, 0.1) is 6.92 Å². The highest BCUT2D eigenvalue weighted by molar-refractivity contribution is 7.14. The SMILES string of the molecule is Cc1c(NC(=O)c2nc(Cl)c(C3OCCO3)s2)cccc1-c1ccccc1. The number of nitrogens with zero attached hydrogens (tertiary/aromatic N) is 1. The summed E-state index contributed by atoms with van der Waals surface area (Å²) in [6.07, 6.45) is -0.542. The van der Waals surface area contributed by atoms with Crippen molar-refractivity contribution in [1.29, 1.82) is 0 Å². The van der Waals surface area contributed by atoms with Crippen molar-refractivity contribution in [1.82, 2.24) is 4.98 Å². The molecule has 138 valence electrons. The van der Waals surface area contributed by atoms with Gasteiger partial charge in [-0.1, -0.05) is 54.1 Å². The lowest BCUT2D eigenvalue weighted by atomic mass is 9.99. The topological polar surface area (TPSA) is 60.5 Å². The van der Waals surface area contributed by atoms with Crippen molar-refractivity contribution >= 4 is 34.5 Å². The average Bonchev–Trinajstić information content (AvgIpc) is 3.33. The third kappa shape index (κ3) is 3.75. The second-order valence-corrected chi connectivity index (χ2v) is 7.43. The monoisotopic (exact) mass is 400 g/mol. The Hall–Kier alpha value is -2.25. The van der Waals surface area contributed by atoms with Crippen molar-refractivity contribution < 1.29 is 14.3 Å². The summed E-state index contributed by atoms with van der Waals surface area (Å²) in [7, 11) is 0. The van der Waals surface area contributed by atoms with Gasteiger partial charge >= 0.3 is 0 Å². The molecule has 0 spiro atoms. The largest absolute Gasteiger partial charge is 0.345 e. The maximum absolute atomic E-state index is 12.7. The van der Waals surface area contributed by atoms with E-state index in [-0.39, 0.29) is 16.1 Å². The molecule has 3 aromatic rings. The number of halogens is 1. The van der Waals surface area contributed by atoms with E-state index >= 15 is 0 Å². The molecule has 5 nitrogen and oxygen atoms in total. The van der Waals surface area contributed by atoms with Crippen molar-refractivity contribution in [2.75, 3.05) is 18.5 Å². The standard InChI is InChI=1S/C20H17ClN2O3S/c1-12-14(13-6-3-2-4-7-13)8-5-9-15(12)22-18(24)19-23-17(21)16(27-19)20-25-10-11-26-20/h2-9,20H,10-11H2,1H3,(H,22,24). The molecular formula is C20H17ClN2O3S. The van der Waals surface area contributed by atoms with Crippen LogP contribution in [0.4, 0.5) is 5.69 Å². The van der Waals surface area contributed by atoms with E-state index in [4.69, 9.17) is 21.1 Å². The lowest BCUT2D eigenvalue weighted by molar-refractivity contribution is -0.0413. The van der Waals surface area contributed by atoms with Crippen molar-refractivity contribution in [2.45, 2.75) is 13.2 Å². The Morgan fingerprint density at radius 1 is 1.15 bits per heavy atom. The fraction of sp³-hybridized carbons (Fsp3) is 0.200. The number of nitrogens with one attached hydrogen (secondary N) is 1. The Bertz CT molecular complexity index is 969. The number of anilines is 1. The number of amides is 1. The van der Waals surface area contributed by atoms with Gasteiger partial charge in [-0.2, -0.15) is 0 Å².